The van der Waals surface area contributed by atoms with E-state index in [0.29, 0.717) is 0 Å². The standard InChI is InChI=1S/C16H31N3O.ClH/c1-2-16(13-18-8-10-20-11-9-18)14-19(7-1)12-15-3-5-17-6-4-15;/h15-17H,1-14H2;1H/t16-;/m1./s1. The second kappa shape index (κ2) is 9.31. The topological polar surface area (TPSA) is 27.7 Å². The number of hydrogen-bond donors (Lipinski definition) is 1. The lowest BCUT2D eigenvalue weighted by Gasteiger charge is -2.38. The van der Waals surface area contributed by atoms with Gasteiger partial charge in [0.2, 0.25) is 0 Å². The van der Waals surface area contributed by atoms with Crippen molar-refractivity contribution in [3.8, 4) is 0 Å². The van der Waals surface area contributed by atoms with E-state index in [1.807, 2.05) is 0 Å². The van der Waals surface area contributed by atoms with Crippen molar-refractivity contribution in [3.05, 3.63) is 0 Å². The van der Waals surface area contributed by atoms with Crippen LogP contribution in [0.15, 0.2) is 0 Å². The number of piperidine rings is 2. The molecular weight excluding hydrogens is 286 g/mol. The van der Waals surface area contributed by atoms with Crippen LogP contribution < -0.4 is 5.32 Å². The molecule has 21 heavy (non-hydrogen) atoms. The van der Waals surface area contributed by atoms with Crippen LogP contribution in [0, 0.1) is 11.8 Å². The molecule has 0 saturated carbocycles. The molecule has 3 saturated heterocycles. The van der Waals surface area contributed by atoms with Crippen LogP contribution in [-0.2, 0) is 4.74 Å². The molecule has 0 aromatic carbocycles. The maximum Gasteiger partial charge on any atom is 0.0594 e. The molecule has 1 atom stereocenters. The highest BCUT2D eigenvalue weighted by molar-refractivity contribution is 5.85. The fraction of sp³-hybridized carbons (Fsp3) is 1.00. The zero-order chi connectivity index (χ0) is 13.6. The number of nitrogens with zero attached hydrogens (tertiary/aromatic N) is 2. The van der Waals surface area contributed by atoms with E-state index in [1.54, 1.807) is 0 Å². The normalized spacial score (nSPS) is 30.0. The summed E-state index contributed by atoms with van der Waals surface area (Å²) in [4.78, 5) is 5.37. The Labute approximate surface area is 136 Å². The molecule has 5 heteroatoms. The zero-order valence-electron chi connectivity index (χ0n) is 13.3. The van der Waals surface area contributed by atoms with E-state index in [-0.39, 0.29) is 12.4 Å². The third-order valence-corrected chi connectivity index (χ3v) is 5.20. The van der Waals surface area contributed by atoms with Crippen molar-refractivity contribution in [1.29, 1.82) is 0 Å². The van der Waals surface area contributed by atoms with E-state index >= 15 is 0 Å². The number of halogens is 1. The Morgan fingerprint density at radius 3 is 2.33 bits per heavy atom. The number of morpholine rings is 1. The summed E-state index contributed by atoms with van der Waals surface area (Å²) in [7, 11) is 0. The summed E-state index contributed by atoms with van der Waals surface area (Å²) >= 11 is 0. The van der Waals surface area contributed by atoms with E-state index in [2.05, 4.69) is 15.1 Å². The fourth-order valence-electron chi connectivity index (χ4n) is 4.04. The monoisotopic (exact) mass is 317 g/mol. The molecule has 3 heterocycles. The number of nitrogens with one attached hydrogen (secondary N) is 1. The molecule has 3 aliphatic heterocycles. The average Bonchev–Trinajstić information content (AvgIpc) is 2.50. The second-order valence-corrected chi connectivity index (χ2v) is 6.87. The zero-order valence-corrected chi connectivity index (χ0v) is 14.1. The van der Waals surface area contributed by atoms with Crippen LogP contribution in [0.25, 0.3) is 0 Å². The molecule has 124 valence electrons. The molecule has 0 aromatic rings. The van der Waals surface area contributed by atoms with E-state index in [4.69, 9.17) is 4.74 Å². The Morgan fingerprint density at radius 2 is 1.57 bits per heavy atom. The van der Waals surface area contributed by atoms with Gasteiger partial charge >= 0.3 is 0 Å². The third-order valence-electron chi connectivity index (χ3n) is 5.20. The number of ether oxygens (including phenoxy) is 1. The molecule has 0 unspecified atom stereocenters. The minimum absolute atomic E-state index is 0. The summed E-state index contributed by atoms with van der Waals surface area (Å²) < 4.78 is 5.45. The highest BCUT2D eigenvalue weighted by atomic mass is 35.5. The van der Waals surface area contributed by atoms with Gasteiger partial charge in [0.25, 0.3) is 0 Å². The summed E-state index contributed by atoms with van der Waals surface area (Å²) in [6.45, 7) is 11.9. The van der Waals surface area contributed by atoms with Crippen LogP contribution in [0.5, 0.6) is 0 Å². The van der Waals surface area contributed by atoms with Gasteiger partial charge in [-0.15, -0.1) is 12.4 Å². The van der Waals surface area contributed by atoms with Gasteiger partial charge in [-0.25, -0.2) is 0 Å². The molecule has 0 aliphatic carbocycles. The molecule has 3 aliphatic rings. The first-order chi connectivity index (χ1) is 9.90. The molecule has 1 N–H and O–H groups in total. The minimum Gasteiger partial charge on any atom is -0.379 e. The van der Waals surface area contributed by atoms with Crippen LogP contribution in [0.1, 0.15) is 25.7 Å². The van der Waals surface area contributed by atoms with E-state index in [1.165, 1.54) is 65.0 Å². The number of rotatable bonds is 4. The smallest absolute Gasteiger partial charge is 0.0594 e. The van der Waals surface area contributed by atoms with E-state index in [0.717, 1.165) is 38.1 Å². The van der Waals surface area contributed by atoms with Crippen LogP contribution in [0.4, 0.5) is 0 Å². The van der Waals surface area contributed by atoms with Crippen molar-refractivity contribution in [1.82, 2.24) is 15.1 Å². The van der Waals surface area contributed by atoms with E-state index in [9.17, 15) is 0 Å². The minimum atomic E-state index is 0. The lowest BCUT2D eigenvalue weighted by molar-refractivity contribution is 0.0216. The molecule has 0 aromatic heterocycles. The largest absolute Gasteiger partial charge is 0.379 e. The van der Waals surface area contributed by atoms with Gasteiger partial charge in [0.15, 0.2) is 0 Å². The van der Waals surface area contributed by atoms with Gasteiger partial charge in [-0.2, -0.15) is 0 Å². The highest BCUT2D eigenvalue weighted by Gasteiger charge is 2.25. The first kappa shape index (κ1) is 17.5. The Bertz CT molecular complexity index is 255. The van der Waals surface area contributed by atoms with Crippen LogP contribution in [0.2, 0.25) is 0 Å². The highest BCUT2D eigenvalue weighted by Crippen LogP contribution is 2.21. The van der Waals surface area contributed by atoms with Crippen molar-refractivity contribution >= 4 is 12.4 Å². The Kier molecular flexibility index (Phi) is 7.75. The molecule has 3 fully saturated rings. The SMILES string of the molecule is C1C[C@H](CN2CCOCC2)CN(CC2CCNCC2)C1.Cl. The lowest BCUT2D eigenvalue weighted by atomic mass is 9.93. The summed E-state index contributed by atoms with van der Waals surface area (Å²) in [5.41, 5.74) is 0. The quantitative estimate of drug-likeness (QED) is 0.849. The lowest BCUT2D eigenvalue weighted by Crippen LogP contribution is -2.46. The summed E-state index contributed by atoms with van der Waals surface area (Å²) in [6.07, 6.45) is 5.59. The Balaban J connectivity index is 0.00000161. The van der Waals surface area contributed by atoms with Gasteiger partial charge in [0, 0.05) is 32.7 Å². The van der Waals surface area contributed by atoms with Crippen LogP contribution >= 0.6 is 12.4 Å². The fourth-order valence-corrected chi connectivity index (χ4v) is 4.04. The first-order valence-corrected chi connectivity index (χ1v) is 8.63. The van der Waals surface area contributed by atoms with Crippen LogP contribution in [-0.4, -0.2) is 75.4 Å². The molecular formula is C16H32ClN3O. The number of likely N-dealkylation sites (tertiary alicyclic amines) is 1. The molecule has 0 spiro atoms. The summed E-state index contributed by atoms with van der Waals surface area (Å²) in [5.74, 6) is 1.84. The number of hydrogen-bond acceptors (Lipinski definition) is 4. The molecule has 4 nitrogen and oxygen atoms in total. The molecule has 0 radical (unpaired) electrons. The maximum atomic E-state index is 5.45. The second-order valence-electron chi connectivity index (χ2n) is 6.87. The van der Waals surface area contributed by atoms with Crippen molar-refractivity contribution in [3.63, 3.8) is 0 Å². The van der Waals surface area contributed by atoms with E-state index < -0.39 is 0 Å². The molecule has 0 bridgehead atoms. The van der Waals surface area contributed by atoms with Crippen molar-refractivity contribution in [2.24, 2.45) is 11.8 Å². The van der Waals surface area contributed by atoms with Gasteiger partial charge in [0.05, 0.1) is 13.2 Å². The Morgan fingerprint density at radius 1 is 0.857 bits per heavy atom. The molecule has 3 rings (SSSR count). The van der Waals surface area contributed by atoms with Crippen LogP contribution in [0.3, 0.4) is 0 Å². The third kappa shape index (κ3) is 5.68. The van der Waals surface area contributed by atoms with Crippen molar-refractivity contribution in [2.45, 2.75) is 25.7 Å². The average molecular weight is 318 g/mol. The van der Waals surface area contributed by atoms with Gasteiger partial charge in [-0.05, 0) is 57.2 Å². The maximum absolute atomic E-state index is 5.45. The first-order valence-electron chi connectivity index (χ1n) is 8.63. The predicted molar refractivity (Wildman–Crippen MR) is 89.3 cm³/mol. The molecule has 0 amide bonds. The van der Waals surface area contributed by atoms with Crippen molar-refractivity contribution in [2.75, 3.05) is 65.6 Å². The van der Waals surface area contributed by atoms with Crippen molar-refractivity contribution < 1.29 is 4.74 Å². The predicted octanol–water partition coefficient (Wildman–Crippen LogP) is 1.45. The van der Waals surface area contributed by atoms with Gasteiger partial charge in [-0.3, -0.25) is 4.90 Å². The van der Waals surface area contributed by atoms with Gasteiger partial charge < -0.3 is 15.0 Å². The summed E-state index contributed by atoms with van der Waals surface area (Å²) in [5, 5.41) is 3.48. The van der Waals surface area contributed by atoms with Gasteiger partial charge in [0.1, 0.15) is 0 Å². The van der Waals surface area contributed by atoms with Gasteiger partial charge in [-0.1, -0.05) is 0 Å². The Hall–Kier alpha value is 0.130. The summed E-state index contributed by atoms with van der Waals surface area (Å²) in [6, 6.07) is 0.